The number of nitrogens with zero attached hydrogens (tertiary/aromatic N) is 2. The number of halogens is 1. The second-order valence-corrected chi connectivity index (χ2v) is 8.47. The average molecular weight is 403 g/mol. The van der Waals surface area contributed by atoms with E-state index in [1.54, 1.807) is 35.7 Å². The monoisotopic (exact) mass is 402 g/mol. The van der Waals surface area contributed by atoms with Crippen LogP contribution < -0.4 is 0 Å². The number of benzene rings is 1. The van der Waals surface area contributed by atoms with E-state index in [0.29, 0.717) is 28.5 Å². The normalized spacial score (nSPS) is 16.6. The molecule has 1 amide bonds. The molecule has 1 unspecified atom stereocenters. The predicted molar refractivity (Wildman–Crippen MR) is 106 cm³/mol. The van der Waals surface area contributed by atoms with Gasteiger partial charge in [-0.3, -0.25) is 4.79 Å². The minimum absolute atomic E-state index is 0.0767. The second-order valence-electron chi connectivity index (χ2n) is 6.41. The molecule has 0 radical (unpaired) electrons. The minimum Gasteiger partial charge on any atom is -0.376 e. The van der Waals surface area contributed by atoms with E-state index in [9.17, 15) is 9.18 Å². The van der Waals surface area contributed by atoms with Crippen LogP contribution in [0.15, 0.2) is 48.0 Å². The van der Waals surface area contributed by atoms with E-state index in [2.05, 4.69) is 4.98 Å². The van der Waals surface area contributed by atoms with Crippen molar-refractivity contribution >= 4 is 28.6 Å². The highest BCUT2D eigenvalue weighted by Gasteiger charge is 2.25. The van der Waals surface area contributed by atoms with Crippen LogP contribution in [0.5, 0.6) is 0 Å². The van der Waals surface area contributed by atoms with Crippen LogP contribution in [0.1, 0.15) is 27.4 Å². The summed E-state index contributed by atoms with van der Waals surface area (Å²) >= 11 is 2.86. The van der Waals surface area contributed by atoms with Gasteiger partial charge in [0.2, 0.25) is 0 Å². The Bertz CT molecular complexity index is 904. The third-order valence-corrected chi connectivity index (χ3v) is 6.36. The van der Waals surface area contributed by atoms with Gasteiger partial charge in [-0.15, -0.1) is 22.7 Å². The average Bonchev–Trinajstić information content (AvgIpc) is 3.44. The first-order chi connectivity index (χ1) is 13.2. The molecule has 4 nitrogen and oxygen atoms in total. The fourth-order valence-electron chi connectivity index (χ4n) is 3.13. The lowest BCUT2D eigenvalue weighted by Crippen LogP contribution is -2.36. The highest BCUT2D eigenvalue weighted by Crippen LogP contribution is 2.29. The van der Waals surface area contributed by atoms with Crippen molar-refractivity contribution in [2.24, 2.45) is 0 Å². The fraction of sp³-hybridized carbons (Fsp3) is 0.300. The highest BCUT2D eigenvalue weighted by atomic mass is 32.1. The van der Waals surface area contributed by atoms with Gasteiger partial charge in [-0.05, 0) is 36.4 Å². The molecule has 3 aromatic rings. The molecule has 0 aliphatic carbocycles. The number of ether oxygens (including phenoxy) is 1. The Morgan fingerprint density at radius 2 is 2.19 bits per heavy atom. The van der Waals surface area contributed by atoms with E-state index in [0.717, 1.165) is 24.3 Å². The molecule has 1 atom stereocenters. The van der Waals surface area contributed by atoms with Gasteiger partial charge < -0.3 is 9.64 Å². The summed E-state index contributed by atoms with van der Waals surface area (Å²) in [4.78, 5) is 20.9. The molecule has 2 aromatic heterocycles. The van der Waals surface area contributed by atoms with Crippen molar-refractivity contribution in [2.45, 2.75) is 25.5 Å². The molecular formula is C20H19FN2O2S2. The Hall–Kier alpha value is -2.09. The molecule has 3 heterocycles. The van der Waals surface area contributed by atoms with Crippen LogP contribution in [0, 0.1) is 5.82 Å². The molecule has 1 fully saturated rings. The van der Waals surface area contributed by atoms with Crippen molar-refractivity contribution in [3.8, 4) is 10.6 Å². The standard InChI is InChI=1S/C20H19FN2O2S2/c21-17-8-2-1-7-16(17)19-22-11-18(27-19)20(24)23(12-14-5-3-9-25-14)13-15-6-4-10-26-15/h1-2,4,6-8,10-11,14H,3,5,9,12-13H2. The molecular weight excluding hydrogens is 383 g/mol. The third kappa shape index (κ3) is 4.26. The van der Waals surface area contributed by atoms with E-state index in [1.807, 2.05) is 22.4 Å². The van der Waals surface area contributed by atoms with Crippen molar-refractivity contribution in [3.63, 3.8) is 0 Å². The van der Waals surface area contributed by atoms with E-state index in [1.165, 1.54) is 17.4 Å². The Labute approximate surface area is 165 Å². The first-order valence-corrected chi connectivity index (χ1v) is 10.5. The molecule has 7 heteroatoms. The summed E-state index contributed by atoms with van der Waals surface area (Å²) < 4.78 is 19.7. The van der Waals surface area contributed by atoms with E-state index >= 15 is 0 Å². The van der Waals surface area contributed by atoms with E-state index < -0.39 is 0 Å². The smallest absolute Gasteiger partial charge is 0.266 e. The SMILES string of the molecule is O=C(c1cnc(-c2ccccc2F)s1)N(Cc1cccs1)CC1CCCO1. The summed E-state index contributed by atoms with van der Waals surface area (Å²) in [6, 6.07) is 10.5. The highest BCUT2D eigenvalue weighted by molar-refractivity contribution is 7.16. The van der Waals surface area contributed by atoms with Gasteiger partial charge >= 0.3 is 0 Å². The number of amides is 1. The summed E-state index contributed by atoms with van der Waals surface area (Å²) in [5.74, 6) is -0.417. The maximum atomic E-state index is 14.0. The maximum absolute atomic E-state index is 14.0. The molecule has 1 aliphatic rings. The second kappa shape index (κ2) is 8.29. The molecule has 0 spiro atoms. The maximum Gasteiger partial charge on any atom is 0.266 e. The van der Waals surface area contributed by atoms with Crippen molar-refractivity contribution in [1.82, 2.24) is 9.88 Å². The molecule has 140 valence electrons. The molecule has 4 rings (SSSR count). The first-order valence-electron chi connectivity index (χ1n) is 8.84. The van der Waals surface area contributed by atoms with Gasteiger partial charge in [0.15, 0.2) is 0 Å². The van der Waals surface area contributed by atoms with Gasteiger partial charge in [0, 0.05) is 23.6 Å². The lowest BCUT2D eigenvalue weighted by Gasteiger charge is -2.24. The van der Waals surface area contributed by atoms with E-state index in [4.69, 9.17) is 4.74 Å². The molecule has 1 aliphatic heterocycles. The Morgan fingerprint density at radius 3 is 2.93 bits per heavy atom. The lowest BCUT2D eigenvalue weighted by atomic mass is 10.2. The largest absolute Gasteiger partial charge is 0.376 e. The summed E-state index contributed by atoms with van der Waals surface area (Å²) in [5.41, 5.74) is 0.422. The fourth-order valence-corrected chi connectivity index (χ4v) is 4.76. The van der Waals surface area contributed by atoms with Crippen LogP contribution in [0.4, 0.5) is 4.39 Å². The van der Waals surface area contributed by atoms with Crippen LogP contribution in [-0.4, -0.2) is 35.0 Å². The molecule has 0 N–H and O–H groups in total. The molecule has 27 heavy (non-hydrogen) atoms. The zero-order valence-electron chi connectivity index (χ0n) is 14.6. The number of carbonyl (C=O) groups excluding carboxylic acids is 1. The van der Waals surface area contributed by atoms with E-state index in [-0.39, 0.29) is 17.8 Å². The van der Waals surface area contributed by atoms with Crippen LogP contribution in [0.25, 0.3) is 10.6 Å². The third-order valence-electron chi connectivity index (χ3n) is 4.48. The molecule has 1 saturated heterocycles. The zero-order chi connectivity index (χ0) is 18.6. The Balaban J connectivity index is 1.56. The predicted octanol–water partition coefficient (Wildman–Crippen LogP) is 4.83. The lowest BCUT2D eigenvalue weighted by molar-refractivity contribution is 0.0513. The number of thiophene rings is 1. The number of aromatic nitrogens is 1. The van der Waals surface area contributed by atoms with Crippen LogP contribution in [-0.2, 0) is 11.3 Å². The topological polar surface area (TPSA) is 42.4 Å². The molecule has 0 saturated carbocycles. The van der Waals surface area contributed by atoms with Gasteiger partial charge in [-0.1, -0.05) is 18.2 Å². The van der Waals surface area contributed by atoms with Crippen LogP contribution in [0.2, 0.25) is 0 Å². The van der Waals surface area contributed by atoms with Crippen molar-refractivity contribution < 1.29 is 13.9 Å². The van der Waals surface area contributed by atoms with Gasteiger partial charge in [-0.2, -0.15) is 0 Å². The Morgan fingerprint density at radius 1 is 1.30 bits per heavy atom. The molecule has 1 aromatic carbocycles. The van der Waals surface area contributed by atoms with Crippen LogP contribution in [0.3, 0.4) is 0 Å². The van der Waals surface area contributed by atoms with Gasteiger partial charge in [0.05, 0.1) is 18.8 Å². The summed E-state index contributed by atoms with van der Waals surface area (Å²) in [6.07, 6.45) is 3.63. The van der Waals surface area contributed by atoms with Crippen LogP contribution >= 0.6 is 22.7 Å². The number of hydrogen-bond acceptors (Lipinski definition) is 5. The Kier molecular flexibility index (Phi) is 5.61. The number of hydrogen-bond donors (Lipinski definition) is 0. The number of thiazole rings is 1. The first kappa shape index (κ1) is 18.3. The van der Waals surface area contributed by atoms with Gasteiger partial charge in [0.1, 0.15) is 15.7 Å². The zero-order valence-corrected chi connectivity index (χ0v) is 16.3. The van der Waals surface area contributed by atoms with Crippen molar-refractivity contribution in [1.29, 1.82) is 0 Å². The summed E-state index contributed by atoms with van der Waals surface area (Å²) in [5, 5.41) is 2.53. The van der Waals surface area contributed by atoms with Crippen molar-refractivity contribution in [2.75, 3.05) is 13.2 Å². The summed E-state index contributed by atoms with van der Waals surface area (Å²) in [7, 11) is 0. The van der Waals surface area contributed by atoms with Gasteiger partial charge in [-0.25, -0.2) is 9.37 Å². The number of carbonyl (C=O) groups is 1. The number of rotatable bonds is 6. The quantitative estimate of drug-likeness (QED) is 0.593. The minimum atomic E-state index is -0.333. The molecule has 0 bridgehead atoms. The van der Waals surface area contributed by atoms with Crippen molar-refractivity contribution in [3.05, 3.63) is 63.5 Å². The van der Waals surface area contributed by atoms with Gasteiger partial charge in [0.25, 0.3) is 5.91 Å². The summed E-state index contributed by atoms with van der Waals surface area (Å²) in [6.45, 7) is 1.86.